The third-order valence-electron chi connectivity index (χ3n) is 1.85. The van der Waals surface area contributed by atoms with Gasteiger partial charge in [0.15, 0.2) is 0 Å². The fraction of sp³-hybridized carbons (Fsp3) is 0.500. The van der Waals surface area contributed by atoms with Crippen LogP contribution in [-0.2, 0) is 0 Å². The van der Waals surface area contributed by atoms with Crippen LogP contribution in [0.2, 0.25) is 0 Å². The number of ether oxygens (including phenoxy) is 1. The van der Waals surface area contributed by atoms with E-state index in [1.807, 2.05) is 0 Å². The van der Waals surface area contributed by atoms with Gasteiger partial charge in [0.05, 0.1) is 6.61 Å². The van der Waals surface area contributed by atoms with Crippen molar-refractivity contribution in [3.05, 3.63) is 23.9 Å². The molecule has 1 rings (SSSR count). The van der Waals surface area contributed by atoms with Gasteiger partial charge in [-0.25, -0.2) is 4.98 Å². The summed E-state index contributed by atoms with van der Waals surface area (Å²) in [5.41, 5.74) is 1.27. The van der Waals surface area contributed by atoms with Crippen molar-refractivity contribution in [2.75, 3.05) is 18.5 Å². The fourth-order valence-corrected chi connectivity index (χ4v) is 1.06. The lowest BCUT2D eigenvalue weighted by Gasteiger charge is -2.05. The molecule has 0 saturated heterocycles. The Labute approximate surface area is 96.8 Å². The summed E-state index contributed by atoms with van der Waals surface area (Å²) in [7, 11) is 0. The maximum atomic E-state index is 5.42. The van der Waals surface area contributed by atoms with Crippen LogP contribution in [0.5, 0.6) is 5.88 Å². The third-order valence-corrected chi connectivity index (χ3v) is 1.85. The van der Waals surface area contributed by atoms with Gasteiger partial charge in [0.1, 0.15) is 0 Å². The Hall–Kier alpha value is -1.58. The van der Waals surface area contributed by atoms with E-state index in [4.69, 9.17) is 4.74 Å². The van der Waals surface area contributed by atoms with E-state index in [9.17, 15) is 0 Å². The van der Waals surface area contributed by atoms with Crippen LogP contribution in [0, 0.1) is 0 Å². The molecule has 0 aliphatic heterocycles. The molecular weight excluding hydrogens is 202 g/mol. The highest BCUT2D eigenvalue weighted by Gasteiger charge is 1.97. The molecule has 1 aromatic heterocycles. The monoisotopic (exact) mass is 221 g/mol. The molecule has 0 aliphatic rings. The van der Waals surface area contributed by atoms with Crippen molar-refractivity contribution in [1.82, 2.24) is 9.97 Å². The van der Waals surface area contributed by atoms with Gasteiger partial charge in [-0.2, -0.15) is 4.98 Å². The van der Waals surface area contributed by atoms with Gasteiger partial charge in [-0.05, 0) is 20.3 Å². The van der Waals surface area contributed by atoms with Gasteiger partial charge in [0, 0.05) is 18.8 Å². The smallest absolute Gasteiger partial charge is 0.226 e. The highest BCUT2D eigenvalue weighted by molar-refractivity contribution is 5.28. The van der Waals surface area contributed by atoms with Crippen LogP contribution < -0.4 is 10.1 Å². The molecule has 0 radical (unpaired) electrons. The summed E-state index contributed by atoms with van der Waals surface area (Å²) in [5.74, 6) is 1.22. The molecule has 1 heterocycles. The summed E-state index contributed by atoms with van der Waals surface area (Å²) in [6, 6.07) is 1.77. The van der Waals surface area contributed by atoms with Gasteiger partial charge in [-0.1, -0.05) is 18.6 Å². The van der Waals surface area contributed by atoms with Gasteiger partial charge < -0.3 is 10.1 Å². The maximum Gasteiger partial charge on any atom is 0.226 e. The first-order valence-electron chi connectivity index (χ1n) is 5.55. The van der Waals surface area contributed by atoms with Crippen LogP contribution in [-0.4, -0.2) is 23.1 Å². The van der Waals surface area contributed by atoms with Crippen molar-refractivity contribution in [3.63, 3.8) is 0 Å². The number of hydrogen-bond acceptors (Lipinski definition) is 4. The second-order valence-corrected chi connectivity index (χ2v) is 3.73. The normalized spacial score (nSPS) is 9.69. The van der Waals surface area contributed by atoms with Crippen LogP contribution in [0.15, 0.2) is 23.9 Å². The average Bonchev–Trinajstić information content (AvgIpc) is 2.26. The van der Waals surface area contributed by atoms with Gasteiger partial charge in [-0.3, -0.25) is 0 Å². The minimum absolute atomic E-state index is 0.603. The molecule has 16 heavy (non-hydrogen) atoms. The molecule has 1 aromatic rings. The van der Waals surface area contributed by atoms with Crippen molar-refractivity contribution in [1.29, 1.82) is 0 Å². The zero-order chi connectivity index (χ0) is 11.8. The minimum Gasteiger partial charge on any atom is -0.478 e. The Bertz CT molecular complexity index is 346. The molecule has 0 fully saturated rings. The number of hydrogen-bond donors (Lipinski definition) is 1. The number of rotatable bonds is 6. The summed E-state index contributed by atoms with van der Waals surface area (Å²) >= 11 is 0. The van der Waals surface area contributed by atoms with E-state index < -0.39 is 0 Å². The van der Waals surface area contributed by atoms with Gasteiger partial charge >= 0.3 is 0 Å². The second kappa shape index (κ2) is 6.82. The van der Waals surface area contributed by atoms with Crippen LogP contribution in [0.4, 0.5) is 5.95 Å². The summed E-state index contributed by atoms with van der Waals surface area (Å²) in [5, 5.41) is 3.11. The molecule has 88 valence electrons. The Balaban J connectivity index is 2.50. The molecule has 0 saturated carbocycles. The number of allylic oxidation sites excluding steroid dienone is 1. The summed E-state index contributed by atoms with van der Waals surface area (Å²) < 4.78 is 5.42. The molecular formula is C12H19N3O. The van der Waals surface area contributed by atoms with Crippen molar-refractivity contribution in [2.24, 2.45) is 0 Å². The summed E-state index contributed by atoms with van der Waals surface area (Å²) in [6.45, 7) is 7.60. The topological polar surface area (TPSA) is 47.0 Å². The second-order valence-electron chi connectivity index (χ2n) is 3.73. The lowest BCUT2D eigenvalue weighted by molar-refractivity contribution is 0.305. The molecule has 4 heteroatoms. The van der Waals surface area contributed by atoms with Crippen LogP contribution >= 0.6 is 0 Å². The maximum absolute atomic E-state index is 5.42. The van der Waals surface area contributed by atoms with E-state index >= 15 is 0 Å². The molecule has 0 spiro atoms. The summed E-state index contributed by atoms with van der Waals surface area (Å²) in [6.07, 6.45) is 4.76. The van der Waals surface area contributed by atoms with E-state index in [1.165, 1.54) is 5.57 Å². The van der Waals surface area contributed by atoms with Crippen LogP contribution in [0.25, 0.3) is 0 Å². The predicted octanol–water partition coefficient (Wildman–Crippen LogP) is 2.64. The molecule has 0 aliphatic carbocycles. The van der Waals surface area contributed by atoms with Crippen molar-refractivity contribution in [3.8, 4) is 5.88 Å². The van der Waals surface area contributed by atoms with Gasteiger partial charge in [0.2, 0.25) is 11.8 Å². The van der Waals surface area contributed by atoms with E-state index in [0.29, 0.717) is 18.4 Å². The van der Waals surface area contributed by atoms with Crippen molar-refractivity contribution in [2.45, 2.75) is 27.2 Å². The third kappa shape index (κ3) is 4.77. The van der Waals surface area contributed by atoms with E-state index in [-0.39, 0.29) is 0 Å². The van der Waals surface area contributed by atoms with Gasteiger partial charge in [0.25, 0.3) is 0 Å². The Kier molecular flexibility index (Phi) is 5.32. The lowest BCUT2D eigenvalue weighted by atomic mass is 10.3. The van der Waals surface area contributed by atoms with E-state index in [1.54, 1.807) is 12.3 Å². The van der Waals surface area contributed by atoms with Crippen molar-refractivity contribution < 1.29 is 4.74 Å². The quantitative estimate of drug-likeness (QED) is 0.750. The highest BCUT2D eigenvalue weighted by Crippen LogP contribution is 2.08. The molecule has 0 atom stereocenters. The molecule has 0 aromatic carbocycles. The number of anilines is 1. The number of nitrogens with one attached hydrogen (secondary N) is 1. The van der Waals surface area contributed by atoms with E-state index in [2.05, 4.69) is 42.1 Å². The average molecular weight is 221 g/mol. The number of aromatic nitrogens is 2. The zero-order valence-corrected chi connectivity index (χ0v) is 10.2. The van der Waals surface area contributed by atoms with E-state index in [0.717, 1.165) is 13.0 Å². The molecule has 0 amide bonds. The lowest BCUT2D eigenvalue weighted by Crippen LogP contribution is -2.05. The molecule has 0 unspecified atom stereocenters. The highest BCUT2D eigenvalue weighted by atomic mass is 16.5. The first-order valence-corrected chi connectivity index (χ1v) is 5.55. The van der Waals surface area contributed by atoms with Crippen LogP contribution in [0.1, 0.15) is 27.2 Å². The minimum atomic E-state index is 0.603. The summed E-state index contributed by atoms with van der Waals surface area (Å²) in [4.78, 5) is 8.35. The number of nitrogens with zero attached hydrogens (tertiary/aromatic N) is 2. The Morgan fingerprint density at radius 3 is 3.00 bits per heavy atom. The first kappa shape index (κ1) is 12.5. The Morgan fingerprint density at radius 1 is 1.50 bits per heavy atom. The molecule has 1 N–H and O–H groups in total. The largest absolute Gasteiger partial charge is 0.478 e. The zero-order valence-electron chi connectivity index (χ0n) is 10.2. The van der Waals surface area contributed by atoms with Crippen molar-refractivity contribution >= 4 is 5.95 Å². The Morgan fingerprint density at radius 2 is 2.31 bits per heavy atom. The standard InChI is InChI=1S/C12H19N3O/c1-4-9-16-11-6-8-14-12(15-11)13-7-5-10(2)3/h5-6,8H,4,7,9H2,1-3H3,(H,13,14,15). The first-order chi connectivity index (χ1) is 7.72. The molecule has 4 nitrogen and oxygen atoms in total. The molecule has 0 bridgehead atoms. The van der Waals surface area contributed by atoms with Crippen LogP contribution in [0.3, 0.4) is 0 Å². The SMILES string of the molecule is CCCOc1ccnc(NCC=C(C)C)n1. The predicted molar refractivity (Wildman–Crippen MR) is 65.7 cm³/mol. The van der Waals surface area contributed by atoms with Gasteiger partial charge in [-0.15, -0.1) is 0 Å². The fourth-order valence-electron chi connectivity index (χ4n) is 1.06.